The van der Waals surface area contributed by atoms with E-state index in [9.17, 15) is 13.6 Å². The minimum absolute atomic E-state index is 0.146. The van der Waals surface area contributed by atoms with Gasteiger partial charge in [0.25, 0.3) is 0 Å². The molecule has 1 aliphatic heterocycles. The van der Waals surface area contributed by atoms with Gasteiger partial charge in [-0.1, -0.05) is 0 Å². The van der Waals surface area contributed by atoms with Gasteiger partial charge in [-0.05, 0) is 34.5 Å². The zero-order valence-electron chi connectivity index (χ0n) is 11.8. The van der Waals surface area contributed by atoms with Crippen LogP contribution in [0.3, 0.4) is 0 Å². The fraction of sp³-hybridized carbons (Fsp3) is 0.125. The van der Waals surface area contributed by atoms with Crippen LogP contribution >= 0.6 is 11.3 Å². The molecular weight excluding hydrogens is 320 g/mol. The predicted octanol–water partition coefficient (Wildman–Crippen LogP) is 3.69. The second-order valence-electron chi connectivity index (χ2n) is 5.34. The lowest BCUT2D eigenvalue weighted by Crippen LogP contribution is -2.24. The van der Waals surface area contributed by atoms with Crippen molar-refractivity contribution in [3.8, 4) is 5.69 Å². The number of rotatable bonds is 2. The van der Waals surface area contributed by atoms with E-state index in [0.717, 1.165) is 11.6 Å². The molecule has 23 heavy (non-hydrogen) atoms. The van der Waals surface area contributed by atoms with Crippen molar-refractivity contribution in [2.24, 2.45) is 0 Å². The Morgan fingerprint density at radius 1 is 1.26 bits per heavy atom. The quantitative estimate of drug-likeness (QED) is 0.778. The van der Waals surface area contributed by atoms with E-state index in [0.29, 0.717) is 17.9 Å². The molecule has 2 aromatic heterocycles. The Bertz CT molecular complexity index is 869. The van der Waals surface area contributed by atoms with Gasteiger partial charge in [0, 0.05) is 18.4 Å². The largest absolute Gasteiger partial charge is 0.310 e. The number of hydrogen-bond donors (Lipinski definition) is 1. The van der Waals surface area contributed by atoms with E-state index < -0.39 is 11.6 Å². The summed E-state index contributed by atoms with van der Waals surface area (Å²) in [7, 11) is 0. The van der Waals surface area contributed by atoms with Gasteiger partial charge in [-0.2, -0.15) is 11.3 Å². The van der Waals surface area contributed by atoms with Crippen LogP contribution < -0.4 is 5.32 Å². The van der Waals surface area contributed by atoms with Gasteiger partial charge in [-0.25, -0.2) is 13.8 Å². The number of halogens is 2. The molecule has 7 heteroatoms. The maximum atomic E-state index is 13.5. The van der Waals surface area contributed by atoms with Crippen molar-refractivity contribution >= 4 is 23.1 Å². The van der Waals surface area contributed by atoms with Crippen molar-refractivity contribution in [1.82, 2.24) is 9.55 Å². The standard InChI is InChI=1S/C16H11F2N3OS/c17-10-3-11(18)5-12(4-10)21-8-19-15-13(9-1-2-23-7-9)6-14(22)20-16(15)21/h1-5,7-8,13H,6H2,(H,20,22)/t13-/m0/s1. The van der Waals surface area contributed by atoms with Crippen molar-refractivity contribution < 1.29 is 13.6 Å². The molecule has 0 saturated heterocycles. The minimum atomic E-state index is -0.682. The van der Waals surface area contributed by atoms with Gasteiger partial charge in [-0.3, -0.25) is 9.36 Å². The molecular formula is C16H11F2N3OS. The first-order valence-corrected chi connectivity index (χ1v) is 7.92. The van der Waals surface area contributed by atoms with Gasteiger partial charge >= 0.3 is 0 Å². The molecule has 0 radical (unpaired) electrons. The van der Waals surface area contributed by atoms with E-state index in [1.165, 1.54) is 23.0 Å². The van der Waals surface area contributed by atoms with Crippen LogP contribution in [0.5, 0.6) is 0 Å². The summed E-state index contributed by atoms with van der Waals surface area (Å²) in [4.78, 5) is 16.4. The molecule has 1 N–H and O–H groups in total. The van der Waals surface area contributed by atoms with Crippen molar-refractivity contribution in [3.63, 3.8) is 0 Å². The maximum Gasteiger partial charge on any atom is 0.226 e. The molecule has 3 heterocycles. The predicted molar refractivity (Wildman–Crippen MR) is 82.9 cm³/mol. The SMILES string of the molecule is O=C1C[C@@H](c2ccsc2)c2ncn(-c3cc(F)cc(F)c3)c2N1. The zero-order valence-corrected chi connectivity index (χ0v) is 12.6. The van der Waals surface area contributed by atoms with Gasteiger partial charge in [0.2, 0.25) is 5.91 Å². The summed E-state index contributed by atoms with van der Waals surface area (Å²) < 4.78 is 28.4. The lowest BCUT2D eigenvalue weighted by molar-refractivity contribution is -0.116. The second kappa shape index (κ2) is 5.27. The number of anilines is 1. The molecule has 1 atom stereocenters. The normalized spacial score (nSPS) is 17.0. The van der Waals surface area contributed by atoms with Crippen LogP contribution in [0.1, 0.15) is 23.6 Å². The summed E-state index contributed by atoms with van der Waals surface area (Å²) in [6.45, 7) is 0. The number of thiophene rings is 1. The van der Waals surface area contributed by atoms with Crippen molar-refractivity contribution in [3.05, 3.63) is 64.2 Å². The van der Waals surface area contributed by atoms with Crippen molar-refractivity contribution in [1.29, 1.82) is 0 Å². The van der Waals surface area contributed by atoms with Crippen molar-refractivity contribution in [2.75, 3.05) is 5.32 Å². The van der Waals surface area contributed by atoms with Gasteiger partial charge in [0.15, 0.2) is 0 Å². The summed E-state index contributed by atoms with van der Waals surface area (Å²) in [5.41, 5.74) is 2.00. The molecule has 0 saturated carbocycles. The molecule has 0 aliphatic carbocycles. The Balaban J connectivity index is 1.85. The van der Waals surface area contributed by atoms with Gasteiger partial charge in [-0.15, -0.1) is 0 Å². The molecule has 0 bridgehead atoms. The number of imidazole rings is 1. The average molecular weight is 331 g/mol. The van der Waals surface area contributed by atoms with Crippen molar-refractivity contribution in [2.45, 2.75) is 12.3 Å². The number of carbonyl (C=O) groups excluding carboxylic acids is 1. The lowest BCUT2D eigenvalue weighted by Gasteiger charge is -2.22. The Hall–Kier alpha value is -2.54. The Morgan fingerprint density at radius 3 is 2.74 bits per heavy atom. The van der Waals surface area contributed by atoms with Gasteiger partial charge < -0.3 is 5.32 Å². The molecule has 4 rings (SSSR count). The summed E-state index contributed by atoms with van der Waals surface area (Å²) in [6.07, 6.45) is 1.78. The smallest absolute Gasteiger partial charge is 0.226 e. The zero-order chi connectivity index (χ0) is 16.0. The molecule has 3 aromatic rings. The minimum Gasteiger partial charge on any atom is -0.310 e. The molecule has 1 amide bonds. The summed E-state index contributed by atoms with van der Waals surface area (Å²) in [6, 6.07) is 5.16. The van der Waals surface area contributed by atoms with Gasteiger partial charge in [0.05, 0.1) is 11.4 Å². The number of carbonyl (C=O) groups is 1. The molecule has 116 valence electrons. The number of nitrogens with one attached hydrogen (secondary N) is 1. The Labute approximate surface area is 134 Å². The fourth-order valence-electron chi connectivity index (χ4n) is 2.83. The molecule has 0 unspecified atom stereocenters. The van der Waals surface area contributed by atoms with Crippen LogP contribution in [-0.2, 0) is 4.79 Å². The third-order valence-corrected chi connectivity index (χ3v) is 4.55. The Morgan fingerprint density at radius 2 is 2.04 bits per heavy atom. The first-order chi connectivity index (χ1) is 11.1. The van der Waals surface area contributed by atoms with Crippen LogP contribution in [-0.4, -0.2) is 15.5 Å². The van der Waals surface area contributed by atoms with Crippen LogP contribution in [0.25, 0.3) is 5.69 Å². The number of hydrogen-bond acceptors (Lipinski definition) is 3. The lowest BCUT2D eigenvalue weighted by atomic mass is 9.92. The molecule has 1 aliphatic rings. The highest BCUT2D eigenvalue weighted by atomic mass is 32.1. The highest BCUT2D eigenvalue weighted by Crippen LogP contribution is 2.38. The number of aromatic nitrogens is 2. The molecule has 0 spiro atoms. The van der Waals surface area contributed by atoms with Gasteiger partial charge in [0.1, 0.15) is 23.8 Å². The summed E-state index contributed by atoms with van der Waals surface area (Å²) in [5.74, 6) is -1.20. The monoisotopic (exact) mass is 331 g/mol. The average Bonchev–Trinajstić information content (AvgIpc) is 3.14. The van der Waals surface area contributed by atoms with Crippen LogP contribution in [0.4, 0.5) is 14.6 Å². The van der Waals surface area contributed by atoms with E-state index in [2.05, 4.69) is 10.3 Å². The molecule has 0 fully saturated rings. The second-order valence-corrected chi connectivity index (χ2v) is 6.12. The first kappa shape index (κ1) is 14.1. The highest BCUT2D eigenvalue weighted by molar-refractivity contribution is 7.08. The van der Waals surface area contributed by atoms with Crippen LogP contribution in [0.15, 0.2) is 41.4 Å². The summed E-state index contributed by atoms with van der Waals surface area (Å²) >= 11 is 1.55. The third kappa shape index (κ3) is 2.43. The van der Waals surface area contributed by atoms with E-state index in [1.54, 1.807) is 11.3 Å². The van der Waals surface area contributed by atoms with Crippen LogP contribution in [0, 0.1) is 11.6 Å². The first-order valence-electron chi connectivity index (χ1n) is 6.97. The number of amides is 1. The van der Waals surface area contributed by atoms with E-state index in [-0.39, 0.29) is 17.5 Å². The number of fused-ring (bicyclic) bond motifs is 1. The fourth-order valence-corrected chi connectivity index (χ4v) is 3.54. The van der Waals surface area contributed by atoms with Crippen LogP contribution in [0.2, 0.25) is 0 Å². The molecule has 4 nitrogen and oxygen atoms in total. The number of nitrogens with zero attached hydrogens (tertiary/aromatic N) is 2. The third-order valence-electron chi connectivity index (χ3n) is 3.84. The highest BCUT2D eigenvalue weighted by Gasteiger charge is 2.31. The molecule has 1 aromatic carbocycles. The topological polar surface area (TPSA) is 46.9 Å². The van der Waals surface area contributed by atoms with E-state index >= 15 is 0 Å². The summed E-state index contributed by atoms with van der Waals surface area (Å²) in [5, 5.41) is 6.68. The van der Waals surface area contributed by atoms with E-state index in [4.69, 9.17) is 0 Å². The maximum absolute atomic E-state index is 13.5. The number of benzene rings is 1. The van der Waals surface area contributed by atoms with E-state index in [1.807, 2.05) is 16.8 Å². The Kier molecular flexibility index (Phi) is 3.23.